The topological polar surface area (TPSA) is 81.7 Å². The van der Waals surface area contributed by atoms with Crippen LogP contribution in [0.1, 0.15) is 50.3 Å². The summed E-state index contributed by atoms with van der Waals surface area (Å²) >= 11 is 0. The third-order valence-electron chi connectivity index (χ3n) is 6.79. The van der Waals surface area contributed by atoms with Gasteiger partial charge in [0.2, 0.25) is 16.8 Å². The van der Waals surface area contributed by atoms with E-state index in [2.05, 4.69) is 4.72 Å². The van der Waals surface area contributed by atoms with Crippen molar-refractivity contribution in [2.24, 2.45) is 0 Å². The molecule has 188 valence electrons. The molecule has 7 heteroatoms. The first kappa shape index (κ1) is 24.5. The molecule has 0 unspecified atom stereocenters. The van der Waals surface area contributed by atoms with Crippen LogP contribution in [-0.2, 0) is 26.7 Å². The number of hydrogen-bond donors (Lipinski definition) is 1. The van der Waals surface area contributed by atoms with Gasteiger partial charge in [0, 0.05) is 12.0 Å². The van der Waals surface area contributed by atoms with Gasteiger partial charge in [-0.2, -0.15) is 0 Å². The molecule has 0 amide bonds. The number of fused-ring (bicyclic) bond motifs is 1. The highest BCUT2D eigenvalue weighted by atomic mass is 32.2. The van der Waals surface area contributed by atoms with E-state index in [0.29, 0.717) is 12.2 Å². The number of Topliss-reactive ketones (excluding diaryl/α,β-unsaturated/α-hetero) is 1. The van der Waals surface area contributed by atoms with Crippen molar-refractivity contribution in [3.8, 4) is 22.6 Å². The van der Waals surface area contributed by atoms with Crippen LogP contribution in [0.3, 0.4) is 0 Å². The number of aryl methyl sites for hydroxylation is 1. The highest BCUT2D eigenvalue weighted by Crippen LogP contribution is 2.51. The Morgan fingerprint density at radius 1 is 0.944 bits per heavy atom. The quantitative estimate of drug-likeness (QED) is 0.471. The van der Waals surface area contributed by atoms with E-state index in [4.69, 9.17) is 9.47 Å². The van der Waals surface area contributed by atoms with E-state index in [0.717, 1.165) is 46.4 Å². The molecule has 1 saturated carbocycles. The van der Waals surface area contributed by atoms with Crippen LogP contribution in [-0.4, -0.2) is 26.5 Å². The molecule has 1 aliphatic carbocycles. The van der Waals surface area contributed by atoms with Crippen LogP contribution < -0.4 is 14.2 Å². The van der Waals surface area contributed by atoms with Crippen LogP contribution in [0, 0.1) is 6.92 Å². The van der Waals surface area contributed by atoms with E-state index in [-0.39, 0.29) is 17.5 Å². The number of carbonyl (C=O) groups is 1. The monoisotopic (exact) mass is 505 g/mol. The van der Waals surface area contributed by atoms with Crippen LogP contribution in [0.5, 0.6) is 11.5 Å². The fraction of sp³-hybridized carbons (Fsp3) is 0.345. The molecule has 0 spiro atoms. The summed E-state index contributed by atoms with van der Waals surface area (Å²) in [6.07, 6.45) is 2.01. The number of rotatable bonds is 7. The molecular weight excluding hydrogens is 474 g/mol. The maximum Gasteiger partial charge on any atom is 0.241 e. The van der Waals surface area contributed by atoms with Gasteiger partial charge < -0.3 is 9.47 Å². The van der Waals surface area contributed by atoms with E-state index in [1.54, 1.807) is 12.1 Å². The lowest BCUT2D eigenvalue weighted by Gasteiger charge is -2.20. The lowest BCUT2D eigenvalue weighted by Crippen LogP contribution is -2.40. The van der Waals surface area contributed by atoms with Crippen molar-refractivity contribution in [3.05, 3.63) is 77.4 Å². The van der Waals surface area contributed by atoms with Crippen molar-refractivity contribution in [1.29, 1.82) is 0 Å². The van der Waals surface area contributed by atoms with E-state index in [1.165, 1.54) is 0 Å². The fourth-order valence-corrected chi connectivity index (χ4v) is 6.19. The zero-order valence-corrected chi connectivity index (χ0v) is 21.9. The van der Waals surface area contributed by atoms with Crippen LogP contribution in [0.2, 0.25) is 0 Å². The van der Waals surface area contributed by atoms with Gasteiger partial charge in [0.25, 0.3) is 0 Å². The predicted molar refractivity (Wildman–Crippen MR) is 139 cm³/mol. The SMILES string of the molecule is Cc1ccc(CC(=O)C2(c3ccc4c(c3)OCO4)CC2)cc1-c1ccc(S(=O)(=O)NC(C)(C)C)cc1. The minimum atomic E-state index is -3.60. The molecule has 3 aromatic carbocycles. The average molecular weight is 506 g/mol. The number of ketones is 1. The molecule has 0 bridgehead atoms. The van der Waals surface area contributed by atoms with Crippen LogP contribution >= 0.6 is 0 Å². The summed E-state index contributed by atoms with van der Waals surface area (Å²) in [5, 5.41) is 0. The predicted octanol–water partition coefficient (Wildman–Crippen LogP) is 5.31. The Morgan fingerprint density at radius 3 is 2.31 bits per heavy atom. The smallest absolute Gasteiger partial charge is 0.241 e. The number of benzene rings is 3. The van der Waals surface area contributed by atoms with Gasteiger partial charge in [-0.15, -0.1) is 0 Å². The molecule has 36 heavy (non-hydrogen) atoms. The molecule has 1 aliphatic heterocycles. The summed E-state index contributed by atoms with van der Waals surface area (Å²) in [5.41, 5.74) is 3.88. The first-order valence-electron chi connectivity index (χ1n) is 12.1. The van der Waals surface area contributed by atoms with E-state index in [1.807, 2.05) is 76.2 Å². The number of sulfonamides is 1. The molecule has 0 aromatic heterocycles. The van der Waals surface area contributed by atoms with E-state index < -0.39 is 21.0 Å². The molecule has 0 atom stereocenters. The van der Waals surface area contributed by atoms with Crippen LogP contribution in [0.25, 0.3) is 11.1 Å². The van der Waals surface area contributed by atoms with Crippen LogP contribution in [0.15, 0.2) is 65.6 Å². The number of nitrogens with one attached hydrogen (secondary N) is 1. The average Bonchev–Trinajstić information content (AvgIpc) is 3.50. The lowest BCUT2D eigenvalue weighted by molar-refractivity contribution is -0.120. The van der Waals surface area contributed by atoms with Gasteiger partial charge in [-0.1, -0.05) is 36.4 Å². The summed E-state index contributed by atoms with van der Waals surface area (Å²) in [6, 6.07) is 18.7. The van der Waals surface area contributed by atoms with Gasteiger partial charge in [0.15, 0.2) is 11.5 Å². The summed E-state index contributed by atoms with van der Waals surface area (Å²) < 4.78 is 38.9. The summed E-state index contributed by atoms with van der Waals surface area (Å²) in [4.78, 5) is 13.7. The molecule has 0 radical (unpaired) electrons. The zero-order valence-electron chi connectivity index (χ0n) is 21.1. The molecule has 1 heterocycles. The Bertz CT molecular complexity index is 1430. The maximum absolute atomic E-state index is 13.5. The van der Waals surface area contributed by atoms with Crippen molar-refractivity contribution >= 4 is 15.8 Å². The second kappa shape index (κ2) is 8.75. The van der Waals surface area contributed by atoms with Crippen molar-refractivity contribution < 1.29 is 22.7 Å². The Morgan fingerprint density at radius 2 is 1.64 bits per heavy atom. The third kappa shape index (κ3) is 4.77. The van der Waals surface area contributed by atoms with Gasteiger partial charge in [-0.25, -0.2) is 13.1 Å². The Kier molecular flexibility index (Phi) is 5.96. The van der Waals surface area contributed by atoms with Gasteiger partial charge in [0.05, 0.1) is 10.3 Å². The van der Waals surface area contributed by atoms with Crippen molar-refractivity contribution in [2.75, 3.05) is 6.79 Å². The minimum absolute atomic E-state index is 0.200. The number of carbonyl (C=O) groups excluding carboxylic acids is 1. The molecule has 6 nitrogen and oxygen atoms in total. The van der Waals surface area contributed by atoms with E-state index >= 15 is 0 Å². The van der Waals surface area contributed by atoms with Crippen molar-refractivity contribution in [3.63, 3.8) is 0 Å². The molecule has 1 fully saturated rings. The summed E-state index contributed by atoms with van der Waals surface area (Å²) in [5.74, 6) is 1.62. The minimum Gasteiger partial charge on any atom is -0.454 e. The lowest BCUT2D eigenvalue weighted by atomic mass is 9.87. The third-order valence-corrected chi connectivity index (χ3v) is 8.57. The molecule has 3 aromatic rings. The summed E-state index contributed by atoms with van der Waals surface area (Å²) in [6.45, 7) is 7.67. The van der Waals surface area contributed by atoms with E-state index in [9.17, 15) is 13.2 Å². The first-order chi connectivity index (χ1) is 17.0. The van der Waals surface area contributed by atoms with Gasteiger partial charge in [-0.05, 0) is 92.6 Å². The molecule has 5 rings (SSSR count). The Balaban J connectivity index is 1.36. The Hall–Kier alpha value is -3.16. The Labute approximate surface area is 212 Å². The molecule has 1 N–H and O–H groups in total. The zero-order chi connectivity index (χ0) is 25.7. The van der Waals surface area contributed by atoms with Crippen molar-refractivity contribution in [1.82, 2.24) is 4.72 Å². The number of hydrogen-bond acceptors (Lipinski definition) is 5. The molecular formula is C29H31NO5S. The van der Waals surface area contributed by atoms with Gasteiger partial charge in [-0.3, -0.25) is 4.79 Å². The summed E-state index contributed by atoms with van der Waals surface area (Å²) in [7, 11) is -3.60. The number of ether oxygens (including phenoxy) is 2. The second-order valence-corrected chi connectivity index (χ2v) is 12.5. The van der Waals surface area contributed by atoms with Crippen molar-refractivity contribution in [2.45, 2.75) is 62.8 Å². The highest BCUT2D eigenvalue weighted by Gasteiger charge is 2.50. The largest absolute Gasteiger partial charge is 0.454 e. The van der Waals surface area contributed by atoms with Gasteiger partial charge >= 0.3 is 0 Å². The fourth-order valence-electron chi connectivity index (χ4n) is 4.77. The maximum atomic E-state index is 13.5. The molecule has 2 aliphatic rings. The normalized spacial score (nSPS) is 16.1. The highest BCUT2D eigenvalue weighted by molar-refractivity contribution is 7.89. The van der Waals surface area contributed by atoms with Crippen LogP contribution in [0.4, 0.5) is 0 Å². The second-order valence-electron chi connectivity index (χ2n) is 10.8. The molecule has 0 saturated heterocycles. The standard InChI is InChI=1S/C29H31NO5S/c1-19-5-6-20(15-24(19)21-7-10-23(11-8-21)36(32,33)30-28(2,3)4)16-27(31)29(13-14-29)22-9-12-25-26(17-22)35-18-34-25/h5-12,15,17,30H,13-14,16,18H2,1-4H3. The van der Waals surface area contributed by atoms with Gasteiger partial charge in [0.1, 0.15) is 5.78 Å². The first-order valence-corrected chi connectivity index (χ1v) is 13.6.